The summed E-state index contributed by atoms with van der Waals surface area (Å²) in [5.41, 5.74) is 6.07. The average molecular weight is 470 g/mol. The smallest absolute Gasteiger partial charge is 0.256 e. The summed E-state index contributed by atoms with van der Waals surface area (Å²) < 4.78 is 6.89. The van der Waals surface area contributed by atoms with E-state index in [-0.39, 0.29) is 18.0 Å². The van der Waals surface area contributed by atoms with Crippen molar-refractivity contribution in [3.05, 3.63) is 99.3 Å². The second kappa shape index (κ2) is 10.5. The Balaban J connectivity index is 1.65. The van der Waals surface area contributed by atoms with E-state index in [1.54, 1.807) is 13.2 Å². The highest BCUT2D eigenvalue weighted by molar-refractivity contribution is 5.92. The molecule has 35 heavy (non-hydrogen) atoms. The van der Waals surface area contributed by atoms with E-state index in [0.717, 1.165) is 34.3 Å². The number of anilines is 2. The fraction of sp³-hybridized carbons (Fsp3) is 0.241. The van der Waals surface area contributed by atoms with E-state index in [1.165, 1.54) is 10.1 Å². The Bertz CT molecular complexity index is 1400. The molecule has 1 heterocycles. The van der Waals surface area contributed by atoms with Crippen molar-refractivity contribution >= 4 is 28.2 Å². The van der Waals surface area contributed by atoms with Crippen LogP contribution in [0, 0.1) is 13.8 Å². The number of nitrogens with zero attached hydrogens (tertiary/aromatic N) is 1. The van der Waals surface area contributed by atoms with Gasteiger partial charge in [-0.3, -0.25) is 14.2 Å². The van der Waals surface area contributed by atoms with Gasteiger partial charge >= 0.3 is 0 Å². The predicted molar refractivity (Wildman–Crippen MR) is 142 cm³/mol. The number of amides is 1. The molecule has 3 aromatic carbocycles. The lowest BCUT2D eigenvalue weighted by Crippen LogP contribution is -2.30. The maximum absolute atomic E-state index is 13.5. The van der Waals surface area contributed by atoms with Gasteiger partial charge in [0, 0.05) is 29.5 Å². The van der Waals surface area contributed by atoms with Gasteiger partial charge in [0.15, 0.2) is 0 Å². The summed E-state index contributed by atoms with van der Waals surface area (Å²) in [6.07, 6.45) is 0.976. The number of benzene rings is 3. The topological polar surface area (TPSA) is 72.4 Å². The van der Waals surface area contributed by atoms with Gasteiger partial charge in [-0.05, 0) is 84.8 Å². The van der Waals surface area contributed by atoms with Crippen LogP contribution in [0.2, 0.25) is 0 Å². The van der Waals surface area contributed by atoms with Gasteiger partial charge in [-0.1, -0.05) is 25.1 Å². The van der Waals surface area contributed by atoms with Crippen LogP contribution in [0.1, 0.15) is 29.2 Å². The van der Waals surface area contributed by atoms with Gasteiger partial charge < -0.3 is 15.4 Å². The molecule has 0 spiro atoms. The summed E-state index contributed by atoms with van der Waals surface area (Å²) in [4.78, 5) is 26.5. The lowest BCUT2D eigenvalue weighted by atomic mass is 10.1. The van der Waals surface area contributed by atoms with Crippen molar-refractivity contribution in [2.75, 3.05) is 17.7 Å². The molecular formula is C29H31N3O3. The van der Waals surface area contributed by atoms with E-state index in [1.807, 2.05) is 62.4 Å². The summed E-state index contributed by atoms with van der Waals surface area (Å²) in [5.74, 6) is 0.365. The van der Waals surface area contributed by atoms with Crippen molar-refractivity contribution in [3.8, 4) is 5.75 Å². The predicted octanol–water partition coefficient (Wildman–Crippen LogP) is 5.44. The third kappa shape index (κ3) is 5.72. The Hall–Kier alpha value is -4.06. The van der Waals surface area contributed by atoms with Crippen LogP contribution in [0.5, 0.6) is 5.75 Å². The molecule has 6 nitrogen and oxygen atoms in total. The lowest BCUT2D eigenvalue weighted by Gasteiger charge is -2.15. The normalized spacial score (nSPS) is 10.9. The number of methoxy groups -OCH3 is 1. The number of pyridine rings is 1. The largest absolute Gasteiger partial charge is 0.497 e. The van der Waals surface area contributed by atoms with Crippen molar-refractivity contribution < 1.29 is 9.53 Å². The minimum atomic E-state index is -0.263. The first-order valence-corrected chi connectivity index (χ1v) is 11.8. The quantitative estimate of drug-likeness (QED) is 0.360. The highest BCUT2D eigenvalue weighted by Gasteiger charge is 2.14. The van der Waals surface area contributed by atoms with E-state index >= 15 is 0 Å². The van der Waals surface area contributed by atoms with Crippen molar-refractivity contribution in [2.45, 2.75) is 40.3 Å². The number of aromatic nitrogens is 1. The number of aryl methyl sites for hydroxylation is 3. The van der Waals surface area contributed by atoms with Crippen LogP contribution < -0.4 is 20.9 Å². The number of ether oxygens (including phenoxy) is 1. The first kappa shape index (κ1) is 24.1. The van der Waals surface area contributed by atoms with Gasteiger partial charge in [0.1, 0.15) is 12.3 Å². The molecular weight excluding hydrogens is 438 g/mol. The zero-order valence-electron chi connectivity index (χ0n) is 20.6. The SMILES string of the molecule is CCc1ccc(NCc2cc3ccc(OC)cc3n(CC(=O)Nc3cc(C)cc(C)c3)c2=O)cc1. The Morgan fingerprint density at radius 1 is 0.914 bits per heavy atom. The number of nitrogens with one attached hydrogen (secondary N) is 2. The van der Waals surface area contributed by atoms with Gasteiger partial charge in [0.2, 0.25) is 5.91 Å². The average Bonchev–Trinajstić information content (AvgIpc) is 2.84. The van der Waals surface area contributed by atoms with Crippen LogP contribution in [0.25, 0.3) is 10.9 Å². The van der Waals surface area contributed by atoms with Crippen molar-refractivity contribution in [1.29, 1.82) is 0 Å². The molecule has 0 unspecified atom stereocenters. The standard InChI is InChI=1S/C29H31N3O3/c1-5-21-6-9-24(10-7-21)30-17-23-15-22-8-11-26(35-4)16-27(22)32(29(23)34)18-28(33)31-25-13-19(2)12-20(3)14-25/h6-16,30H,5,17-18H2,1-4H3,(H,31,33). The first-order chi connectivity index (χ1) is 16.9. The molecule has 1 amide bonds. The number of carbonyl (C=O) groups excluding carboxylic acids is 1. The molecule has 4 rings (SSSR count). The summed E-state index contributed by atoms with van der Waals surface area (Å²) in [5, 5.41) is 7.13. The van der Waals surface area contributed by atoms with Gasteiger partial charge in [-0.25, -0.2) is 0 Å². The highest BCUT2D eigenvalue weighted by Crippen LogP contribution is 2.22. The van der Waals surface area contributed by atoms with Crippen LogP contribution >= 0.6 is 0 Å². The van der Waals surface area contributed by atoms with Gasteiger partial charge in [0.25, 0.3) is 5.56 Å². The number of rotatable bonds is 8. The van der Waals surface area contributed by atoms with Gasteiger partial charge in [-0.2, -0.15) is 0 Å². The Labute approximate surface area is 205 Å². The van der Waals surface area contributed by atoms with Gasteiger partial charge in [0.05, 0.1) is 12.6 Å². The van der Waals surface area contributed by atoms with Crippen LogP contribution in [0.15, 0.2) is 71.5 Å². The van der Waals surface area contributed by atoms with Crippen LogP contribution in [0.4, 0.5) is 11.4 Å². The second-order valence-corrected chi connectivity index (χ2v) is 8.81. The van der Waals surface area contributed by atoms with E-state index < -0.39 is 0 Å². The summed E-state index contributed by atoms with van der Waals surface area (Å²) in [7, 11) is 1.58. The fourth-order valence-electron chi connectivity index (χ4n) is 4.27. The lowest BCUT2D eigenvalue weighted by molar-refractivity contribution is -0.116. The molecule has 0 bridgehead atoms. The van der Waals surface area contributed by atoms with Crippen molar-refractivity contribution in [1.82, 2.24) is 4.57 Å². The summed E-state index contributed by atoms with van der Waals surface area (Å²) in [6.45, 7) is 6.34. The first-order valence-electron chi connectivity index (χ1n) is 11.8. The second-order valence-electron chi connectivity index (χ2n) is 8.81. The van der Waals surface area contributed by atoms with E-state index in [4.69, 9.17) is 4.74 Å². The maximum Gasteiger partial charge on any atom is 0.256 e. The maximum atomic E-state index is 13.5. The molecule has 0 aliphatic carbocycles. The number of hydrogen-bond donors (Lipinski definition) is 2. The van der Waals surface area contributed by atoms with Crippen molar-refractivity contribution in [3.63, 3.8) is 0 Å². The summed E-state index contributed by atoms with van der Waals surface area (Å²) >= 11 is 0. The number of fused-ring (bicyclic) bond motifs is 1. The molecule has 1 aromatic heterocycles. The molecule has 0 aliphatic heterocycles. The molecule has 0 saturated heterocycles. The molecule has 0 saturated carbocycles. The van der Waals surface area contributed by atoms with Crippen LogP contribution in [-0.2, 0) is 24.3 Å². The molecule has 0 aliphatic rings. The third-order valence-corrected chi connectivity index (χ3v) is 6.03. The third-order valence-electron chi connectivity index (χ3n) is 6.03. The van der Waals surface area contributed by atoms with E-state index in [0.29, 0.717) is 23.4 Å². The minimum Gasteiger partial charge on any atom is -0.497 e. The fourth-order valence-corrected chi connectivity index (χ4v) is 4.27. The monoisotopic (exact) mass is 469 g/mol. The molecule has 0 fully saturated rings. The zero-order valence-corrected chi connectivity index (χ0v) is 20.6. The van der Waals surface area contributed by atoms with Crippen molar-refractivity contribution in [2.24, 2.45) is 0 Å². The van der Waals surface area contributed by atoms with E-state index in [9.17, 15) is 9.59 Å². The van der Waals surface area contributed by atoms with E-state index in [2.05, 4.69) is 29.7 Å². The Morgan fingerprint density at radius 2 is 1.63 bits per heavy atom. The minimum absolute atomic E-state index is 0.103. The van der Waals surface area contributed by atoms with Crippen LogP contribution in [-0.4, -0.2) is 17.6 Å². The highest BCUT2D eigenvalue weighted by atomic mass is 16.5. The molecule has 2 N–H and O–H groups in total. The molecule has 180 valence electrons. The Morgan fingerprint density at radius 3 is 2.29 bits per heavy atom. The molecule has 0 radical (unpaired) electrons. The van der Waals surface area contributed by atoms with Gasteiger partial charge in [-0.15, -0.1) is 0 Å². The molecule has 6 heteroatoms. The molecule has 0 atom stereocenters. The summed E-state index contributed by atoms with van der Waals surface area (Å²) in [6, 6.07) is 21.5. The Kier molecular flexibility index (Phi) is 7.20. The number of hydrogen-bond acceptors (Lipinski definition) is 4. The molecule has 4 aromatic rings. The number of carbonyl (C=O) groups is 1. The zero-order chi connectivity index (χ0) is 24.9. The van der Waals surface area contributed by atoms with Crippen LogP contribution in [0.3, 0.4) is 0 Å².